The number of carbonyl (C=O) groups excluding carboxylic acids is 1. The SMILES string of the molecule is CNS(=O)(=O)c1ccc(-c2ccn(CCC(C)(C(=O)NO)S(C)(=O)=O)c(=O)c2)cc1. The first-order chi connectivity index (χ1) is 13.9. The van der Waals surface area contributed by atoms with E-state index < -0.39 is 36.1 Å². The van der Waals surface area contributed by atoms with Crippen LogP contribution in [0, 0.1) is 0 Å². The van der Waals surface area contributed by atoms with Crippen molar-refractivity contribution in [2.75, 3.05) is 13.3 Å². The van der Waals surface area contributed by atoms with Gasteiger partial charge in [-0.1, -0.05) is 12.1 Å². The molecule has 0 aliphatic rings. The molecule has 0 saturated carbocycles. The number of carbonyl (C=O) groups is 1. The van der Waals surface area contributed by atoms with Crippen molar-refractivity contribution in [1.29, 1.82) is 0 Å². The maximum atomic E-state index is 12.4. The van der Waals surface area contributed by atoms with Crippen LogP contribution in [0.5, 0.6) is 0 Å². The highest BCUT2D eigenvalue weighted by Crippen LogP contribution is 2.23. The van der Waals surface area contributed by atoms with Crippen molar-refractivity contribution in [3.05, 3.63) is 52.9 Å². The Bertz CT molecular complexity index is 1200. The van der Waals surface area contributed by atoms with E-state index in [1.165, 1.54) is 48.4 Å². The number of rotatable bonds is 8. The molecule has 0 aliphatic carbocycles. The molecule has 3 N–H and O–H groups in total. The molecule has 12 heteroatoms. The molecule has 1 amide bonds. The summed E-state index contributed by atoms with van der Waals surface area (Å²) >= 11 is 0. The van der Waals surface area contributed by atoms with E-state index in [9.17, 15) is 26.4 Å². The maximum Gasteiger partial charge on any atom is 0.264 e. The zero-order chi connectivity index (χ0) is 22.7. The fourth-order valence-corrected chi connectivity index (χ4v) is 4.31. The van der Waals surface area contributed by atoms with Crippen LogP contribution in [0.4, 0.5) is 0 Å². The Kier molecular flexibility index (Phi) is 6.87. The van der Waals surface area contributed by atoms with Crippen LogP contribution in [0.2, 0.25) is 0 Å². The molecule has 0 spiro atoms. The van der Waals surface area contributed by atoms with Crippen molar-refractivity contribution in [3.63, 3.8) is 0 Å². The second-order valence-electron chi connectivity index (χ2n) is 6.87. The summed E-state index contributed by atoms with van der Waals surface area (Å²) in [5.41, 5.74) is 2.09. The van der Waals surface area contributed by atoms with Gasteiger partial charge in [0.25, 0.3) is 11.5 Å². The van der Waals surface area contributed by atoms with E-state index >= 15 is 0 Å². The third kappa shape index (κ3) is 4.78. The van der Waals surface area contributed by atoms with Crippen LogP contribution >= 0.6 is 0 Å². The third-order valence-electron chi connectivity index (χ3n) is 4.99. The van der Waals surface area contributed by atoms with Crippen molar-refractivity contribution in [2.45, 2.75) is 29.5 Å². The smallest absolute Gasteiger partial charge is 0.264 e. The highest BCUT2D eigenvalue weighted by Gasteiger charge is 2.43. The lowest BCUT2D eigenvalue weighted by molar-refractivity contribution is -0.131. The first-order valence-electron chi connectivity index (χ1n) is 8.74. The fourth-order valence-electron chi connectivity index (χ4n) is 2.74. The molecule has 0 bridgehead atoms. The number of aryl methyl sites for hydroxylation is 1. The molecule has 2 aromatic rings. The minimum atomic E-state index is -3.87. The zero-order valence-corrected chi connectivity index (χ0v) is 18.2. The van der Waals surface area contributed by atoms with E-state index in [2.05, 4.69) is 4.72 Å². The lowest BCUT2D eigenvalue weighted by Gasteiger charge is -2.25. The summed E-state index contributed by atoms with van der Waals surface area (Å²) < 4.78 is 49.2. The molecule has 1 unspecified atom stereocenters. The molecule has 0 aliphatic heterocycles. The molecular formula is C18H23N3O7S2. The average Bonchev–Trinajstić information content (AvgIpc) is 2.71. The second kappa shape index (κ2) is 8.68. The predicted octanol–water partition coefficient (Wildman–Crippen LogP) is 0.122. The highest BCUT2D eigenvalue weighted by molar-refractivity contribution is 7.92. The van der Waals surface area contributed by atoms with Crippen LogP contribution in [0.25, 0.3) is 11.1 Å². The monoisotopic (exact) mass is 457 g/mol. The Morgan fingerprint density at radius 2 is 1.70 bits per heavy atom. The van der Waals surface area contributed by atoms with Gasteiger partial charge in [0.2, 0.25) is 10.0 Å². The molecule has 2 rings (SSSR count). The molecular weight excluding hydrogens is 434 g/mol. The van der Waals surface area contributed by atoms with Crippen LogP contribution in [-0.2, 0) is 31.2 Å². The minimum Gasteiger partial charge on any atom is -0.315 e. The Balaban J connectivity index is 2.28. The summed E-state index contributed by atoms with van der Waals surface area (Å²) in [6.45, 7) is 1.10. The Labute approximate surface area is 174 Å². The van der Waals surface area contributed by atoms with Gasteiger partial charge in [0.05, 0.1) is 4.90 Å². The molecule has 30 heavy (non-hydrogen) atoms. The zero-order valence-electron chi connectivity index (χ0n) is 16.6. The number of aromatic nitrogens is 1. The fraction of sp³-hybridized carbons (Fsp3) is 0.333. The first kappa shape index (κ1) is 23.7. The van der Waals surface area contributed by atoms with E-state index in [1.54, 1.807) is 18.2 Å². The van der Waals surface area contributed by atoms with Crippen molar-refractivity contribution < 1.29 is 26.8 Å². The van der Waals surface area contributed by atoms with E-state index in [-0.39, 0.29) is 17.9 Å². The standard InChI is InChI=1S/C18H23N3O7S2/c1-18(17(23)20-24,29(3,25)26)9-11-21-10-8-14(12-16(21)22)13-4-6-15(7-5-13)30(27,28)19-2/h4-8,10,12,19,24H,9,11H2,1-3H3,(H,20,23). The average molecular weight is 458 g/mol. The Hall–Kier alpha value is -2.54. The molecule has 1 aromatic carbocycles. The largest absolute Gasteiger partial charge is 0.315 e. The number of nitrogens with one attached hydrogen (secondary N) is 2. The van der Waals surface area contributed by atoms with Gasteiger partial charge in [-0.25, -0.2) is 27.0 Å². The molecule has 164 valence electrons. The molecule has 0 saturated heterocycles. The van der Waals surface area contributed by atoms with Gasteiger partial charge in [-0.3, -0.25) is 14.8 Å². The third-order valence-corrected chi connectivity index (χ3v) is 8.45. The first-order valence-corrected chi connectivity index (χ1v) is 12.1. The molecule has 1 atom stereocenters. The topological polar surface area (TPSA) is 152 Å². The van der Waals surface area contributed by atoms with Gasteiger partial charge in [-0.15, -0.1) is 0 Å². The van der Waals surface area contributed by atoms with E-state index in [0.29, 0.717) is 11.1 Å². The highest BCUT2D eigenvalue weighted by atomic mass is 32.2. The van der Waals surface area contributed by atoms with Gasteiger partial charge in [-0.05, 0) is 49.7 Å². The summed E-state index contributed by atoms with van der Waals surface area (Å²) in [6, 6.07) is 8.90. The molecule has 0 fully saturated rings. The van der Waals surface area contributed by atoms with Crippen molar-refractivity contribution in [2.24, 2.45) is 0 Å². The van der Waals surface area contributed by atoms with E-state index in [1.807, 2.05) is 0 Å². The van der Waals surface area contributed by atoms with E-state index in [0.717, 1.165) is 6.26 Å². The number of sulfonamides is 1. The van der Waals surface area contributed by atoms with Crippen molar-refractivity contribution in [1.82, 2.24) is 14.8 Å². The normalized spacial score (nSPS) is 14.1. The number of amides is 1. The number of hydrogen-bond acceptors (Lipinski definition) is 7. The summed E-state index contributed by atoms with van der Waals surface area (Å²) in [6.07, 6.45) is 2.11. The molecule has 1 heterocycles. The van der Waals surface area contributed by atoms with Gasteiger partial charge in [0.15, 0.2) is 14.6 Å². The van der Waals surface area contributed by atoms with Crippen LogP contribution in [0.15, 0.2) is 52.3 Å². The van der Waals surface area contributed by atoms with Gasteiger partial charge >= 0.3 is 0 Å². The number of pyridine rings is 1. The summed E-state index contributed by atoms with van der Waals surface area (Å²) in [7, 11) is -6.13. The lowest BCUT2D eigenvalue weighted by atomic mass is 10.1. The maximum absolute atomic E-state index is 12.4. The summed E-state index contributed by atoms with van der Waals surface area (Å²) in [4.78, 5) is 24.4. The summed E-state index contributed by atoms with van der Waals surface area (Å²) in [5.74, 6) is -1.08. The number of sulfone groups is 1. The van der Waals surface area contributed by atoms with E-state index in [4.69, 9.17) is 5.21 Å². The number of hydrogen-bond donors (Lipinski definition) is 3. The van der Waals surface area contributed by atoms with Crippen molar-refractivity contribution in [3.8, 4) is 11.1 Å². The molecule has 1 aromatic heterocycles. The number of benzene rings is 1. The van der Waals surface area contributed by atoms with Gasteiger partial charge in [0, 0.05) is 25.1 Å². The lowest BCUT2D eigenvalue weighted by Crippen LogP contribution is -2.49. The van der Waals surface area contributed by atoms with Gasteiger partial charge < -0.3 is 4.57 Å². The minimum absolute atomic E-state index is 0.0740. The molecule has 10 nitrogen and oxygen atoms in total. The van der Waals surface area contributed by atoms with Gasteiger partial charge in [-0.2, -0.15) is 0 Å². The number of hydroxylamine groups is 1. The quantitative estimate of drug-likeness (QED) is 0.376. The van der Waals surface area contributed by atoms with Crippen LogP contribution < -0.4 is 15.8 Å². The molecule has 0 radical (unpaired) electrons. The van der Waals surface area contributed by atoms with Crippen LogP contribution in [-0.4, -0.2) is 50.6 Å². The van der Waals surface area contributed by atoms with Crippen molar-refractivity contribution >= 4 is 25.8 Å². The van der Waals surface area contributed by atoms with Crippen LogP contribution in [0.3, 0.4) is 0 Å². The van der Waals surface area contributed by atoms with Crippen LogP contribution in [0.1, 0.15) is 13.3 Å². The Morgan fingerprint density at radius 1 is 1.10 bits per heavy atom. The second-order valence-corrected chi connectivity index (χ2v) is 11.2. The predicted molar refractivity (Wildman–Crippen MR) is 110 cm³/mol. The Morgan fingerprint density at radius 3 is 2.17 bits per heavy atom. The van der Waals surface area contributed by atoms with Gasteiger partial charge in [0.1, 0.15) is 0 Å². The number of nitrogens with zero attached hydrogens (tertiary/aromatic N) is 1. The summed E-state index contributed by atoms with van der Waals surface area (Å²) in [5, 5.41) is 8.86.